The second-order valence-electron chi connectivity index (χ2n) is 4.60. The number of rotatable bonds is 4. The van der Waals surface area contributed by atoms with Gasteiger partial charge in [-0.25, -0.2) is 4.98 Å². The smallest absolute Gasteiger partial charge is 0.253 e. The summed E-state index contributed by atoms with van der Waals surface area (Å²) >= 11 is 6.03. The SMILES string of the molecule is CCNc1ncc(C(=O)NC2(C)CC2)cc1Cl. The number of halogens is 1. The molecule has 0 radical (unpaired) electrons. The number of nitrogens with one attached hydrogen (secondary N) is 2. The zero-order chi connectivity index (χ0) is 12.5. The predicted octanol–water partition coefficient (Wildman–Crippen LogP) is 2.45. The number of hydrogen-bond donors (Lipinski definition) is 2. The molecule has 1 saturated carbocycles. The second-order valence-corrected chi connectivity index (χ2v) is 5.01. The molecule has 0 saturated heterocycles. The van der Waals surface area contributed by atoms with E-state index in [0.717, 1.165) is 19.4 Å². The number of carbonyl (C=O) groups is 1. The van der Waals surface area contributed by atoms with Gasteiger partial charge in [0.2, 0.25) is 0 Å². The summed E-state index contributed by atoms with van der Waals surface area (Å²) in [6, 6.07) is 1.65. The van der Waals surface area contributed by atoms with Crippen LogP contribution in [-0.2, 0) is 0 Å². The number of amides is 1. The quantitative estimate of drug-likeness (QED) is 0.867. The number of anilines is 1. The Morgan fingerprint density at radius 1 is 1.59 bits per heavy atom. The van der Waals surface area contributed by atoms with Gasteiger partial charge < -0.3 is 10.6 Å². The third-order valence-corrected chi connectivity index (χ3v) is 3.15. The Hall–Kier alpha value is -1.29. The Labute approximate surface area is 106 Å². The predicted molar refractivity (Wildman–Crippen MR) is 68.5 cm³/mol. The molecule has 4 nitrogen and oxygen atoms in total. The van der Waals surface area contributed by atoms with Crippen LogP contribution in [0.15, 0.2) is 12.3 Å². The molecule has 1 aliphatic carbocycles. The van der Waals surface area contributed by atoms with Crippen LogP contribution in [0, 0.1) is 0 Å². The molecule has 1 heterocycles. The Bertz CT molecular complexity index is 443. The molecule has 17 heavy (non-hydrogen) atoms. The van der Waals surface area contributed by atoms with Crippen LogP contribution in [-0.4, -0.2) is 23.0 Å². The number of nitrogens with zero attached hydrogens (tertiary/aromatic N) is 1. The molecule has 5 heteroatoms. The summed E-state index contributed by atoms with van der Waals surface area (Å²) in [6.07, 6.45) is 3.62. The van der Waals surface area contributed by atoms with Crippen LogP contribution in [0.25, 0.3) is 0 Å². The maximum absolute atomic E-state index is 11.9. The van der Waals surface area contributed by atoms with Crippen molar-refractivity contribution in [2.45, 2.75) is 32.2 Å². The van der Waals surface area contributed by atoms with E-state index in [2.05, 4.69) is 15.6 Å². The summed E-state index contributed by atoms with van der Waals surface area (Å²) in [6.45, 7) is 4.75. The molecule has 92 valence electrons. The highest BCUT2D eigenvalue weighted by Crippen LogP contribution is 2.34. The molecule has 0 spiro atoms. The van der Waals surface area contributed by atoms with Gasteiger partial charge in [-0.2, -0.15) is 0 Å². The van der Waals surface area contributed by atoms with E-state index in [4.69, 9.17) is 11.6 Å². The van der Waals surface area contributed by atoms with Gasteiger partial charge in [-0.3, -0.25) is 4.79 Å². The van der Waals surface area contributed by atoms with Gasteiger partial charge in [0, 0.05) is 18.3 Å². The first kappa shape index (κ1) is 12.2. The topological polar surface area (TPSA) is 54.0 Å². The molecule has 0 atom stereocenters. The van der Waals surface area contributed by atoms with Crippen molar-refractivity contribution in [2.24, 2.45) is 0 Å². The maximum atomic E-state index is 11.9. The van der Waals surface area contributed by atoms with Crippen molar-refractivity contribution in [3.63, 3.8) is 0 Å². The van der Waals surface area contributed by atoms with Crippen molar-refractivity contribution in [3.8, 4) is 0 Å². The molecule has 0 unspecified atom stereocenters. The van der Waals surface area contributed by atoms with Crippen LogP contribution in [0.1, 0.15) is 37.0 Å². The minimum absolute atomic E-state index is 0.0239. The van der Waals surface area contributed by atoms with Crippen LogP contribution in [0.4, 0.5) is 5.82 Å². The minimum Gasteiger partial charge on any atom is -0.369 e. The zero-order valence-corrected chi connectivity index (χ0v) is 10.8. The molecule has 1 aromatic heterocycles. The fourth-order valence-corrected chi connectivity index (χ4v) is 1.75. The summed E-state index contributed by atoms with van der Waals surface area (Å²) < 4.78 is 0. The fourth-order valence-electron chi connectivity index (χ4n) is 1.52. The number of pyridine rings is 1. The Morgan fingerprint density at radius 2 is 2.29 bits per heavy atom. The first-order chi connectivity index (χ1) is 8.04. The molecule has 0 aromatic carbocycles. The van der Waals surface area contributed by atoms with Gasteiger partial charge in [-0.15, -0.1) is 0 Å². The van der Waals surface area contributed by atoms with E-state index in [9.17, 15) is 4.79 Å². The highest BCUT2D eigenvalue weighted by molar-refractivity contribution is 6.33. The van der Waals surface area contributed by atoms with Crippen molar-refractivity contribution >= 4 is 23.3 Å². The summed E-state index contributed by atoms with van der Waals surface area (Å²) in [5.41, 5.74) is 0.481. The van der Waals surface area contributed by atoms with Crippen LogP contribution < -0.4 is 10.6 Å². The van der Waals surface area contributed by atoms with E-state index in [1.54, 1.807) is 12.3 Å². The third-order valence-electron chi connectivity index (χ3n) is 2.86. The summed E-state index contributed by atoms with van der Waals surface area (Å²) in [7, 11) is 0. The Kier molecular flexibility index (Phi) is 3.24. The largest absolute Gasteiger partial charge is 0.369 e. The first-order valence-corrected chi connectivity index (χ1v) is 6.14. The molecule has 1 aromatic rings. The second kappa shape index (κ2) is 4.53. The molecule has 1 fully saturated rings. The van der Waals surface area contributed by atoms with E-state index in [-0.39, 0.29) is 11.4 Å². The van der Waals surface area contributed by atoms with Gasteiger partial charge in [0.15, 0.2) is 0 Å². The zero-order valence-electron chi connectivity index (χ0n) is 10.0. The fraction of sp³-hybridized carbons (Fsp3) is 0.500. The highest BCUT2D eigenvalue weighted by Gasteiger charge is 2.38. The van der Waals surface area contributed by atoms with Gasteiger partial charge >= 0.3 is 0 Å². The number of carbonyl (C=O) groups excluding carboxylic acids is 1. The van der Waals surface area contributed by atoms with Crippen molar-refractivity contribution in [2.75, 3.05) is 11.9 Å². The van der Waals surface area contributed by atoms with Gasteiger partial charge in [-0.1, -0.05) is 11.6 Å². The lowest BCUT2D eigenvalue weighted by atomic mass is 10.2. The summed E-state index contributed by atoms with van der Waals surface area (Å²) in [5, 5.41) is 6.47. The average molecular weight is 254 g/mol. The molecule has 1 amide bonds. The van der Waals surface area contributed by atoms with Gasteiger partial charge in [0.25, 0.3) is 5.91 Å². The first-order valence-electron chi connectivity index (χ1n) is 5.76. The molecule has 2 N–H and O–H groups in total. The molecule has 1 aliphatic rings. The number of aromatic nitrogens is 1. The maximum Gasteiger partial charge on any atom is 0.253 e. The molecule has 0 bridgehead atoms. The van der Waals surface area contributed by atoms with E-state index in [1.165, 1.54) is 0 Å². The van der Waals surface area contributed by atoms with Crippen LogP contribution in [0.2, 0.25) is 5.02 Å². The van der Waals surface area contributed by atoms with Crippen molar-refractivity contribution in [3.05, 3.63) is 22.8 Å². The van der Waals surface area contributed by atoms with Crippen LogP contribution in [0.3, 0.4) is 0 Å². The van der Waals surface area contributed by atoms with Gasteiger partial charge in [0.1, 0.15) is 5.82 Å². The monoisotopic (exact) mass is 253 g/mol. The van der Waals surface area contributed by atoms with Crippen LogP contribution >= 0.6 is 11.6 Å². The van der Waals surface area contributed by atoms with Crippen LogP contribution in [0.5, 0.6) is 0 Å². The normalized spacial score (nSPS) is 16.4. The lowest BCUT2D eigenvalue weighted by Gasteiger charge is -2.12. The third kappa shape index (κ3) is 2.88. The van der Waals surface area contributed by atoms with E-state index < -0.39 is 0 Å². The summed E-state index contributed by atoms with van der Waals surface area (Å²) in [4.78, 5) is 16.0. The molecular formula is C12H16ClN3O. The Morgan fingerprint density at radius 3 is 2.82 bits per heavy atom. The van der Waals surface area contributed by atoms with E-state index in [1.807, 2.05) is 13.8 Å². The highest BCUT2D eigenvalue weighted by atomic mass is 35.5. The average Bonchev–Trinajstić information content (AvgIpc) is 2.99. The lowest BCUT2D eigenvalue weighted by Crippen LogP contribution is -2.34. The Balaban J connectivity index is 2.10. The van der Waals surface area contributed by atoms with E-state index >= 15 is 0 Å². The van der Waals surface area contributed by atoms with Gasteiger partial charge in [-0.05, 0) is 32.8 Å². The lowest BCUT2D eigenvalue weighted by molar-refractivity contribution is 0.0935. The van der Waals surface area contributed by atoms with Crippen molar-refractivity contribution in [1.29, 1.82) is 0 Å². The van der Waals surface area contributed by atoms with E-state index in [0.29, 0.717) is 16.4 Å². The van der Waals surface area contributed by atoms with Crippen molar-refractivity contribution < 1.29 is 4.79 Å². The molecule has 2 rings (SSSR count). The number of hydrogen-bond acceptors (Lipinski definition) is 3. The van der Waals surface area contributed by atoms with Crippen molar-refractivity contribution in [1.82, 2.24) is 10.3 Å². The molecule has 0 aliphatic heterocycles. The molecular weight excluding hydrogens is 238 g/mol. The standard InChI is InChI=1S/C12H16ClN3O/c1-3-14-10-9(13)6-8(7-15-10)11(17)16-12(2)4-5-12/h6-7H,3-5H2,1-2H3,(H,14,15)(H,16,17). The summed E-state index contributed by atoms with van der Waals surface area (Å²) in [5.74, 6) is 0.505. The van der Waals surface area contributed by atoms with Gasteiger partial charge in [0.05, 0.1) is 10.6 Å². The minimum atomic E-state index is -0.109.